The van der Waals surface area contributed by atoms with E-state index in [2.05, 4.69) is 44.1 Å². The summed E-state index contributed by atoms with van der Waals surface area (Å²) in [5.41, 5.74) is 9.67. The predicted octanol–water partition coefficient (Wildman–Crippen LogP) is 3.33. The van der Waals surface area contributed by atoms with Crippen LogP contribution in [0.15, 0.2) is 35.5 Å². The number of piperidine rings is 1. The first kappa shape index (κ1) is 16.9. The van der Waals surface area contributed by atoms with Crippen LogP contribution in [0.25, 0.3) is 10.9 Å². The summed E-state index contributed by atoms with van der Waals surface area (Å²) in [5, 5.41) is 2.06. The molecule has 0 bridgehead atoms. The summed E-state index contributed by atoms with van der Waals surface area (Å²) in [6, 6.07) is 10.4. The highest BCUT2D eigenvalue weighted by atomic mass is 32.2. The van der Waals surface area contributed by atoms with E-state index in [1.165, 1.54) is 33.9 Å². The zero-order valence-electron chi connectivity index (χ0n) is 15.4. The zero-order chi connectivity index (χ0) is 18.4. The van der Waals surface area contributed by atoms with Gasteiger partial charge in [0, 0.05) is 30.1 Å². The first-order valence-corrected chi connectivity index (χ1v) is 10.6. The van der Waals surface area contributed by atoms with E-state index in [9.17, 15) is 0 Å². The molecule has 1 fully saturated rings. The van der Waals surface area contributed by atoms with Gasteiger partial charge in [-0.3, -0.25) is 0 Å². The Bertz CT molecular complexity index is 993. The van der Waals surface area contributed by atoms with Crippen LogP contribution < -0.4 is 10.6 Å². The van der Waals surface area contributed by atoms with Gasteiger partial charge >= 0.3 is 0 Å². The highest BCUT2D eigenvalue weighted by molar-refractivity contribution is 7.98. The van der Waals surface area contributed by atoms with Crippen LogP contribution in [0.5, 0.6) is 0 Å². The lowest BCUT2D eigenvalue weighted by Crippen LogP contribution is -2.47. The standard InChI is InChI=1S/C20H23N5OS/c1-27-19-23-16(21)12-17(24-19)25-9-7-20(8-10-25)18-14(6-11-26-20)13-4-2-3-5-15(13)22-18/h2-5,12,22H,6-11H2,1H3,(H2,21,23,24). The minimum absolute atomic E-state index is 0.218. The SMILES string of the molecule is CSc1nc(N)cc(N2CCC3(CC2)OCCc2c3[nH]c3ccccc23)n1. The number of hydrogen-bond donors (Lipinski definition) is 2. The van der Waals surface area contributed by atoms with Crippen molar-refractivity contribution in [3.05, 3.63) is 41.6 Å². The quantitative estimate of drug-likeness (QED) is 0.524. The molecule has 0 unspecified atom stereocenters. The van der Waals surface area contributed by atoms with Crippen LogP contribution in [-0.4, -0.2) is 40.9 Å². The van der Waals surface area contributed by atoms with Gasteiger partial charge in [-0.15, -0.1) is 0 Å². The minimum Gasteiger partial charge on any atom is -0.383 e. The zero-order valence-corrected chi connectivity index (χ0v) is 16.2. The molecule has 0 atom stereocenters. The van der Waals surface area contributed by atoms with Gasteiger partial charge in [0.2, 0.25) is 0 Å². The average molecular weight is 382 g/mol. The lowest BCUT2D eigenvalue weighted by molar-refractivity contribution is -0.0791. The summed E-state index contributed by atoms with van der Waals surface area (Å²) in [6.07, 6.45) is 4.82. The number of para-hydroxylation sites is 1. The van der Waals surface area contributed by atoms with Crippen LogP contribution in [0.2, 0.25) is 0 Å². The van der Waals surface area contributed by atoms with Gasteiger partial charge < -0.3 is 20.4 Å². The first-order chi connectivity index (χ1) is 13.2. The summed E-state index contributed by atoms with van der Waals surface area (Å²) in [5.74, 6) is 1.44. The van der Waals surface area contributed by atoms with Gasteiger partial charge in [0.05, 0.1) is 12.3 Å². The van der Waals surface area contributed by atoms with Crippen LogP contribution in [0.1, 0.15) is 24.1 Å². The molecular formula is C20H23N5OS. The monoisotopic (exact) mass is 381 g/mol. The maximum absolute atomic E-state index is 6.40. The smallest absolute Gasteiger partial charge is 0.191 e. The van der Waals surface area contributed by atoms with E-state index >= 15 is 0 Å². The minimum atomic E-state index is -0.218. The van der Waals surface area contributed by atoms with E-state index < -0.39 is 0 Å². The maximum Gasteiger partial charge on any atom is 0.191 e. The maximum atomic E-state index is 6.40. The molecule has 4 heterocycles. The van der Waals surface area contributed by atoms with Gasteiger partial charge in [0.1, 0.15) is 17.2 Å². The highest BCUT2D eigenvalue weighted by Crippen LogP contribution is 2.44. The lowest BCUT2D eigenvalue weighted by atomic mass is 9.83. The van der Waals surface area contributed by atoms with E-state index in [4.69, 9.17) is 10.5 Å². The molecule has 140 valence electrons. The van der Waals surface area contributed by atoms with E-state index in [0.717, 1.165) is 49.9 Å². The topological polar surface area (TPSA) is 80.1 Å². The molecule has 1 saturated heterocycles. The number of aromatic amines is 1. The number of rotatable bonds is 2. The second kappa shape index (κ2) is 6.42. The average Bonchev–Trinajstić information content (AvgIpc) is 3.09. The molecule has 7 heteroatoms. The molecule has 2 aromatic heterocycles. The number of fused-ring (bicyclic) bond motifs is 4. The van der Waals surface area contributed by atoms with Gasteiger partial charge in [-0.05, 0) is 37.1 Å². The highest BCUT2D eigenvalue weighted by Gasteiger charge is 2.43. The fraction of sp³-hybridized carbons (Fsp3) is 0.400. The number of H-pyrrole nitrogens is 1. The molecule has 0 radical (unpaired) electrons. The first-order valence-electron chi connectivity index (χ1n) is 9.36. The third-order valence-corrected chi connectivity index (χ3v) is 6.34. The Morgan fingerprint density at radius 2 is 2.04 bits per heavy atom. The molecule has 1 aromatic carbocycles. The van der Waals surface area contributed by atoms with Gasteiger partial charge in [-0.2, -0.15) is 0 Å². The third kappa shape index (κ3) is 2.76. The van der Waals surface area contributed by atoms with Crippen molar-refractivity contribution in [1.82, 2.24) is 15.0 Å². The molecule has 0 aliphatic carbocycles. The summed E-state index contributed by atoms with van der Waals surface area (Å²) in [4.78, 5) is 14.9. The molecule has 27 heavy (non-hydrogen) atoms. The van der Waals surface area contributed by atoms with E-state index in [1.807, 2.05) is 12.3 Å². The van der Waals surface area contributed by atoms with E-state index in [0.29, 0.717) is 5.82 Å². The van der Waals surface area contributed by atoms with Crippen molar-refractivity contribution in [2.24, 2.45) is 0 Å². The van der Waals surface area contributed by atoms with Gasteiger partial charge in [-0.1, -0.05) is 30.0 Å². The Labute approximate surface area is 162 Å². The van der Waals surface area contributed by atoms with Crippen molar-refractivity contribution >= 4 is 34.3 Å². The Morgan fingerprint density at radius 1 is 1.22 bits per heavy atom. The Morgan fingerprint density at radius 3 is 2.85 bits per heavy atom. The summed E-state index contributed by atoms with van der Waals surface area (Å²) < 4.78 is 6.40. The normalized spacial score (nSPS) is 18.8. The Hall–Kier alpha value is -2.25. The van der Waals surface area contributed by atoms with Gasteiger partial charge in [-0.25, -0.2) is 9.97 Å². The second-order valence-corrected chi connectivity index (χ2v) is 8.02. The molecule has 2 aliphatic heterocycles. The number of aromatic nitrogens is 3. The molecule has 2 aliphatic rings. The molecule has 0 saturated carbocycles. The van der Waals surface area contributed by atoms with Crippen molar-refractivity contribution in [3.8, 4) is 0 Å². The largest absolute Gasteiger partial charge is 0.383 e. The molecule has 1 spiro atoms. The fourth-order valence-electron chi connectivity index (χ4n) is 4.44. The number of hydrogen-bond acceptors (Lipinski definition) is 6. The summed E-state index contributed by atoms with van der Waals surface area (Å²) in [6.45, 7) is 2.56. The third-order valence-electron chi connectivity index (χ3n) is 5.79. The van der Waals surface area contributed by atoms with Crippen LogP contribution in [0, 0.1) is 0 Å². The fourth-order valence-corrected chi connectivity index (χ4v) is 4.83. The summed E-state index contributed by atoms with van der Waals surface area (Å²) >= 11 is 1.52. The number of thioether (sulfide) groups is 1. The van der Waals surface area contributed by atoms with Gasteiger partial charge in [0.15, 0.2) is 5.16 Å². The van der Waals surface area contributed by atoms with Crippen LogP contribution in [-0.2, 0) is 16.8 Å². The molecular weight excluding hydrogens is 358 g/mol. The second-order valence-electron chi connectivity index (χ2n) is 7.24. The molecule has 3 aromatic rings. The Kier molecular flexibility index (Phi) is 4.02. The predicted molar refractivity (Wildman–Crippen MR) is 109 cm³/mol. The molecule has 0 amide bonds. The van der Waals surface area contributed by atoms with Crippen molar-refractivity contribution in [2.75, 3.05) is 36.6 Å². The lowest BCUT2D eigenvalue weighted by Gasteiger charge is -2.44. The number of anilines is 2. The number of nitrogen functional groups attached to an aromatic ring is 1. The Balaban J connectivity index is 1.45. The molecule has 3 N–H and O–H groups in total. The van der Waals surface area contributed by atoms with Crippen LogP contribution >= 0.6 is 11.8 Å². The summed E-state index contributed by atoms with van der Waals surface area (Å²) in [7, 11) is 0. The number of nitrogens with two attached hydrogens (primary N) is 1. The van der Waals surface area contributed by atoms with Crippen molar-refractivity contribution in [2.45, 2.75) is 30.0 Å². The van der Waals surface area contributed by atoms with Crippen molar-refractivity contribution in [3.63, 3.8) is 0 Å². The van der Waals surface area contributed by atoms with Gasteiger partial charge in [0.25, 0.3) is 0 Å². The molecule has 5 rings (SSSR count). The van der Waals surface area contributed by atoms with Crippen LogP contribution in [0.3, 0.4) is 0 Å². The van der Waals surface area contributed by atoms with Crippen molar-refractivity contribution in [1.29, 1.82) is 0 Å². The number of nitrogens with one attached hydrogen (secondary N) is 1. The number of ether oxygens (including phenoxy) is 1. The van der Waals surface area contributed by atoms with Crippen molar-refractivity contribution < 1.29 is 4.74 Å². The van der Waals surface area contributed by atoms with E-state index in [1.54, 1.807) is 0 Å². The molecule has 6 nitrogen and oxygen atoms in total. The number of nitrogens with zero attached hydrogens (tertiary/aromatic N) is 3. The van der Waals surface area contributed by atoms with E-state index in [-0.39, 0.29) is 5.60 Å². The van der Waals surface area contributed by atoms with Crippen LogP contribution in [0.4, 0.5) is 11.6 Å². The number of benzene rings is 1.